The number of hydrogen-bond donors (Lipinski definition) is 1. The van der Waals surface area contributed by atoms with Gasteiger partial charge in [0.1, 0.15) is 5.65 Å². The maximum absolute atomic E-state index is 12.3. The first kappa shape index (κ1) is 17.1. The van der Waals surface area contributed by atoms with E-state index in [1.165, 1.54) is 6.07 Å². The van der Waals surface area contributed by atoms with Gasteiger partial charge in [-0.15, -0.1) is 4.73 Å². The van der Waals surface area contributed by atoms with Gasteiger partial charge in [0.15, 0.2) is 0 Å². The van der Waals surface area contributed by atoms with Crippen molar-refractivity contribution in [1.29, 1.82) is 0 Å². The lowest BCUT2D eigenvalue weighted by atomic mass is 10.0. The fourth-order valence-electron chi connectivity index (χ4n) is 3.15. The number of hydrogen-bond acceptors (Lipinski definition) is 4. The molecule has 0 atom stereocenters. The highest BCUT2D eigenvalue weighted by Gasteiger charge is 2.12. The van der Waals surface area contributed by atoms with E-state index in [1.807, 2.05) is 53.2 Å². The van der Waals surface area contributed by atoms with E-state index in [1.54, 1.807) is 19.4 Å². The standard InChI is InChI=1S/C21H19N3O3/c1-27-10-9-23-8-7-16-11-18(14-22-21(16)23)19-12-17(13-20(25)24(19)26)15-5-3-2-4-6-15/h2-8,11-14,26H,9-10H2,1H3. The number of aromatic nitrogens is 3. The van der Waals surface area contributed by atoms with E-state index in [4.69, 9.17) is 4.74 Å². The van der Waals surface area contributed by atoms with Gasteiger partial charge >= 0.3 is 0 Å². The Morgan fingerprint density at radius 3 is 2.63 bits per heavy atom. The highest BCUT2D eigenvalue weighted by Crippen LogP contribution is 2.26. The maximum Gasteiger partial charge on any atom is 0.283 e. The molecule has 0 amide bonds. The van der Waals surface area contributed by atoms with E-state index in [-0.39, 0.29) is 0 Å². The average Bonchev–Trinajstić information content (AvgIpc) is 3.11. The molecule has 27 heavy (non-hydrogen) atoms. The largest absolute Gasteiger partial charge is 0.425 e. The van der Waals surface area contributed by atoms with Crippen LogP contribution in [0.5, 0.6) is 0 Å². The Morgan fingerprint density at radius 1 is 1.04 bits per heavy atom. The molecule has 0 spiro atoms. The zero-order chi connectivity index (χ0) is 18.8. The second-order valence-corrected chi connectivity index (χ2v) is 6.28. The molecule has 0 unspecified atom stereocenters. The van der Waals surface area contributed by atoms with Gasteiger partial charge in [0.25, 0.3) is 5.56 Å². The van der Waals surface area contributed by atoms with E-state index in [2.05, 4.69) is 4.98 Å². The molecule has 0 aliphatic heterocycles. The van der Waals surface area contributed by atoms with Gasteiger partial charge in [0.2, 0.25) is 0 Å². The third-order valence-electron chi connectivity index (χ3n) is 4.55. The van der Waals surface area contributed by atoms with Crippen molar-refractivity contribution in [2.45, 2.75) is 6.54 Å². The third-order valence-corrected chi connectivity index (χ3v) is 4.55. The van der Waals surface area contributed by atoms with Gasteiger partial charge in [0.05, 0.1) is 12.3 Å². The molecule has 4 rings (SSSR count). The predicted molar refractivity (Wildman–Crippen MR) is 104 cm³/mol. The van der Waals surface area contributed by atoms with Crippen LogP contribution < -0.4 is 5.56 Å². The van der Waals surface area contributed by atoms with Gasteiger partial charge in [-0.05, 0) is 29.3 Å². The third kappa shape index (κ3) is 3.22. The SMILES string of the molecule is COCCn1ccc2cc(-c3cc(-c4ccccc4)cc(=O)n3O)cnc21. The summed E-state index contributed by atoms with van der Waals surface area (Å²) in [6.07, 6.45) is 3.62. The minimum Gasteiger partial charge on any atom is -0.425 e. The highest BCUT2D eigenvalue weighted by molar-refractivity contribution is 5.82. The summed E-state index contributed by atoms with van der Waals surface area (Å²) in [5.74, 6) is 0. The van der Waals surface area contributed by atoms with Crippen molar-refractivity contribution in [2.24, 2.45) is 0 Å². The van der Waals surface area contributed by atoms with Crippen LogP contribution in [0.1, 0.15) is 0 Å². The van der Waals surface area contributed by atoms with Crippen molar-refractivity contribution in [3.05, 3.63) is 77.3 Å². The molecule has 1 aromatic carbocycles. The molecule has 3 aromatic heterocycles. The van der Waals surface area contributed by atoms with Crippen molar-refractivity contribution in [3.63, 3.8) is 0 Å². The Hall–Kier alpha value is -3.38. The molecule has 0 saturated heterocycles. The molecule has 136 valence electrons. The number of methoxy groups -OCH3 is 1. The number of fused-ring (bicyclic) bond motifs is 1. The summed E-state index contributed by atoms with van der Waals surface area (Å²) >= 11 is 0. The molecule has 0 radical (unpaired) electrons. The van der Waals surface area contributed by atoms with Crippen LogP contribution in [0.4, 0.5) is 0 Å². The normalized spacial score (nSPS) is 11.1. The molecule has 6 nitrogen and oxygen atoms in total. The van der Waals surface area contributed by atoms with Crippen LogP contribution in [-0.2, 0) is 11.3 Å². The van der Waals surface area contributed by atoms with E-state index >= 15 is 0 Å². The van der Waals surface area contributed by atoms with Crippen molar-refractivity contribution in [2.75, 3.05) is 13.7 Å². The molecular formula is C21H19N3O3. The highest BCUT2D eigenvalue weighted by atomic mass is 16.5. The average molecular weight is 361 g/mol. The zero-order valence-electron chi connectivity index (χ0n) is 14.9. The summed E-state index contributed by atoms with van der Waals surface area (Å²) in [6.45, 7) is 1.31. The predicted octanol–water partition coefficient (Wildman–Crippen LogP) is 3.42. The quantitative estimate of drug-likeness (QED) is 0.553. The Labute approximate surface area is 155 Å². The molecule has 6 heteroatoms. The number of nitrogens with zero attached hydrogens (tertiary/aromatic N) is 3. The van der Waals surface area contributed by atoms with E-state index in [9.17, 15) is 10.0 Å². The topological polar surface area (TPSA) is 69.3 Å². The monoisotopic (exact) mass is 361 g/mol. The fourth-order valence-corrected chi connectivity index (χ4v) is 3.15. The molecule has 0 bridgehead atoms. The Bertz CT molecular complexity index is 1150. The minimum atomic E-state index is -0.482. The number of rotatable bonds is 5. The lowest BCUT2D eigenvalue weighted by Gasteiger charge is -2.10. The van der Waals surface area contributed by atoms with Gasteiger partial charge < -0.3 is 14.5 Å². The summed E-state index contributed by atoms with van der Waals surface area (Å²) in [5.41, 5.74) is 3.09. The van der Waals surface area contributed by atoms with Gasteiger partial charge in [-0.3, -0.25) is 4.79 Å². The number of pyridine rings is 2. The van der Waals surface area contributed by atoms with Crippen molar-refractivity contribution < 1.29 is 9.94 Å². The van der Waals surface area contributed by atoms with E-state index in [0.717, 1.165) is 22.2 Å². The summed E-state index contributed by atoms with van der Waals surface area (Å²) in [4.78, 5) is 16.8. The molecular weight excluding hydrogens is 342 g/mol. The van der Waals surface area contributed by atoms with Gasteiger partial charge in [-0.25, -0.2) is 4.98 Å². The van der Waals surface area contributed by atoms with Gasteiger partial charge in [-0.2, -0.15) is 0 Å². The summed E-state index contributed by atoms with van der Waals surface area (Å²) in [5, 5.41) is 11.2. The molecule has 3 heterocycles. The van der Waals surface area contributed by atoms with Crippen LogP contribution in [0, 0.1) is 0 Å². The molecule has 0 fully saturated rings. The first-order valence-electron chi connectivity index (χ1n) is 8.63. The summed E-state index contributed by atoms with van der Waals surface area (Å²) < 4.78 is 7.79. The first-order chi connectivity index (χ1) is 13.2. The van der Waals surface area contributed by atoms with Crippen LogP contribution in [0.25, 0.3) is 33.4 Å². The lowest BCUT2D eigenvalue weighted by Crippen LogP contribution is -2.18. The van der Waals surface area contributed by atoms with Crippen molar-refractivity contribution in [1.82, 2.24) is 14.3 Å². The zero-order valence-corrected chi connectivity index (χ0v) is 14.9. The van der Waals surface area contributed by atoms with Gasteiger partial charge in [-0.1, -0.05) is 30.3 Å². The molecule has 1 N–H and O–H groups in total. The smallest absolute Gasteiger partial charge is 0.283 e. The molecule has 0 aliphatic rings. The van der Waals surface area contributed by atoms with Crippen LogP contribution in [0.15, 0.2) is 71.8 Å². The van der Waals surface area contributed by atoms with Crippen LogP contribution in [0.3, 0.4) is 0 Å². The van der Waals surface area contributed by atoms with E-state index in [0.29, 0.717) is 29.1 Å². The fraction of sp³-hybridized carbons (Fsp3) is 0.143. The second-order valence-electron chi connectivity index (χ2n) is 6.28. The van der Waals surface area contributed by atoms with Crippen molar-refractivity contribution in [3.8, 4) is 22.4 Å². The lowest BCUT2D eigenvalue weighted by molar-refractivity contribution is 0.180. The number of ether oxygens (including phenoxy) is 1. The summed E-state index contributed by atoms with van der Waals surface area (Å²) in [7, 11) is 1.66. The van der Waals surface area contributed by atoms with Crippen LogP contribution in [-0.4, -0.2) is 33.2 Å². The Morgan fingerprint density at radius 2 is 1.85 bits per heavy atom. The number of benzene rings is 1. The first-order valence-corrected chi connectivity index (χ1v) is 8.63. The van der Waals surface area contributed by atoms with Crippen LogP contribution >= 0.6 is 0 Å². The minimum absolute atomic E-state index is 0.403. The Balaban J connectivity index is 1.81. The molecule has 4 aromatic rings. The van der Waals surface area contributed by atoms with E-state index < -0.39 is 5.56 Å². The Kier molecular flexibility index (Phi) is 4.48. The molecule has 0 saturated carbocycles. The van der Waals surface area contributed by atoms with Gasteiger partial charge in [0, 0.05) is 43.1 Å². The second kappa shape index (κ2) is 7.09. The maximum atomic E-state index is 12.3. The molecule has 0 aliphatic carbocycles. The van der Waals surface area contributed by atoms with Crippen LogP contribution in [0.2, 0.25) is 0 Å². The van der Waals surface area contributed by atoms with Crippen molar-refractivity contribution >= 4 is 11.0 Å². The summed E-state index contributed by atoms with van der Waals surface area (Å²) in [6, 6.07) is 16.7.